The number of amides is 2. The number of hydrogen-bond donors (Lipinski definition) is 1. The van der Waals surface area contributed by atoms with Crippen LogP contribution in [0.15, 0.2) is 18.7 Å². The maximum absolute atomic E-state index is 11.1. The maximum Gasteiger partial charge on any atom is 0.321 e. The quantitative estimate of drug-likeness (QED) is 0.663. The summed E-state index contributed by atoms with van der Waals surface area (Å²) in [6.07, 6.45) is 4.48. The number of aromatic nitrogens is 2. The van der Waals surface area contributed by atoms with Crippen LogP contribution in [0.1, 0.15) is 0 Å². The van der Waals surface area contributed by atoms with Crippen molar-refractivity contribution in [3.63, 3.8) is 0 Å². The van der Waals surface area contributed by atoms with E-state index in [1.807, 2.05) is 0 Å². The van der Waals surface area contributed by atoms with Crippen LogP contribution in [0.3, 0.4) is 0 Å². The first-order valence-corrected chi connectivity index (χ1v) is 3.43. The first kappa shape index (κ1) is 8.45. The molecule has 0 bridgehead atoms. The summed E-state index contributed by atoms with van der Waals surface area (Å²) in [5, 5.41) is 2.60. The average Bonchev–Trinajstić information content (AvgIpc) is 2.06. The highest BCUT2D eigenvalue weighted by Gasteiger charge is 2.02. The van der Waals surface area contributed by atoms with E-state index >= 15 is 0 Å². The third-order valence-electron chi connectivity index (χ3n) is 1.22. The smallest absolute Gasteiger partial charge is 0.321 e. The van der Waals surface area contributed by atoms with Gasteiger partial charge in [0.05, 0.1) is 18.1 Å². The maximum atomic E-state index is 11.1. The standard InChI is InChI=1S/C7H10N4O/c1-11(2)7(12)10-6-3-8-5-9-4-6/h3-5H,1-2H3,(H,10,12). The zero-order chi connectivity index (χ0) is 8.97. The van der Waals surface area contributed by atoms with Crippen LogP contribution < -0.4 is 5.32 Å². The Morgan fingerprint density at radius 1 is 1.42 bits per heavy atom. The van der Waals surface area contributed by atoms with Crippen molar-refractivity contribution in [2.24, 2.45) is 0 Å². The third kappa shape index (κ3) is 2.19. The molecule has 12 heavy (non-hydrogen) atoms. The molecule has 1 N–H and O–H groups in total. The Morgan fingerprint density at radius 2 is 2.00 bits per heavy atom. The second-order valence-corrected chi connectivity index (χ2v) is 2.45. The zero-order valence-corrected chi connectivity index (χ0v) is 6.98. The fraction of sp³-hybridized carbons (Fsp3) is 0.286. The lowest BCUT2D eigenvalue weighted by molar-refractivity contribution is 0.230. The predicted octanol–water partition coefficient (Wildman–Crippen LogP) is 0.570. The van der Waals surface area contributed by atoms with E-state index in [2.05, 4.69) is 15.3 Å². The van der Waals surface area contributed by atoms with Crippen molar-refractivity contribution in [1.82, 2.24) is 14.9 Å². The van der Waals surface area contributed by atoms with Gasteiger partial charge in [-0.15, -0.1) is 0 Å². The minimum absolute atomic E-state index is 0.190. The topological polar surface area (TPSA) is 58.1 Å². The van der Waals surface area contributed by atoms with Crippen molar-refractivity contribution >= 4 is 11.7 Å². The molecule has 5 nitrogen and oxygen atoms in total. The third-order valence-corrected chi connectivity index (χ3v) is 1.22. The summed E-state index contributed by atoms with van der Waals surface area (Å²) >= 11 is 0. The van der Waals surface area contributed by atoms with Gasteiger partial charge in [-0.2, -0.15) is 0 Å². The second-order valence-electron chi connectivity index (χ2n) is 2.45. The molecule has 0 radical (unpaired) electrons. The highest BCUT2D eigenvalue weighted by atomic mass is 16.2. The van der Waals surface area contributed by atoms with Gasteiger partial charge in [0.2, 0.25) is 0 Å². The van der Waals surface area contributed by atoms with Crippen LogP contribution in [-0.2, 0) is 0 Å². The molecule has 1 aromatic rings. The van der Waals surface area contributed by atoms with Gasteiger partial charge in [-0.3, -0.25) is 0 Å². The molecular formula is C7H10N4O. The normalized spacial score (nSPS) is 9.17. The van der Waals surface area contributed by atoms with E-state index in [0.717, 1.165) is 0 Å². The summed E-state index contributed by atoms with van der Waals surface area (Å²) in [6.45, 7) is 0. The van der Waals surface area contributed by atoms with Crippen molar-refractivity contribution in [3.8, 4) is 0 Å². The lowest BCUT2D eigenvalue weighted by Crippen LogP contribution is -2.27. The summed E-state index contributed by atoms with van der Waals surface area (Å²) in [7, 11) is 3.33. The van der Waals surface area contributed by atoms with Crippen LogP contribution in [0.2, 0.25) is 0 Å². The van der Waals surface area contributed by atoms with Crippen molar-refractivity contribution in [1.29, 1.82) is 0 Å². The lowest BCUT2D eigenvalue weighted by Gasteiger charge is -2.10. The minimum Gasteiger partial charge on any atom is -0.331 e. The number of hydrogen-bond acceptors (Lipinski definition) is 3. The van der Waals surface area contributed by atoms with Crippen LogP contribution in [0.4, 0.5) is 10.5 Å². The van der Waals surface area contributed by atoms with Gasteiger partial charge in [0.15, 0.2) is 0 Å². The number of rotatable bonds is 1. The lowest BCUT2D eigenvalue weighted by atomic mass is 10.5. The van der Waals surface area contributed by atoms with Crippen LogP contribution in [0.5, 0.6) is 0 Å². The molecule has 0 saturated heterocycles. The zero-order valence-electron chi connectivity index (χ0n) is 6.98. The molecule has 0 aliphatic heterocycles. The second kappa shape index (κ2) is 3.66. The van der Waals surface area contributed by atoms with E-state index in [4.69, 9.17) is 0 Å². The van der Waals surface area contributed by atoms with E-state index in [1.54, 1.807) is 14.1 Å². The molecule has 0 aliphatic carbocycles. The molecule has 0 atom stereocenters. The van der Waals surface area contributed by atoms with E-state index in [9.17, 15) is 4.79 Å². The average molecular weight is 166 g/mol. The summed E-state index contributed by atoms with van der Waals surface area (Å²) in [6, 6.07) is -0.190. The monoisotopic (exact) mass is 166 g/mol. The molecule has 64 valence electrons. The number of carbonyl (C=O) groups is 1. The van der Waals surface area contributed by atoms with Gasteiger partial charge in [0, 0.05) is 14.1 Å². The summed E-state index contributed by atoms with van der Waals surface area (Å²) < 4.78 is 0. The fourth-order valence-electron chi connectivity index (χ4n) is 0.599. The summed E-state index contributed by atoms with van der Waals surface area (Å²) in [5.74, 6) is 0. The number of carbonyl (C=O) groups excluding carboxylic acids is 1. The predicted molar refractivity (Wildman–Crippen MR) is 44.7 cm³/mol. The molecule has 5 heteroatoms. The Bertz CT molecular complexity index is 259. The first-order chi connectivity index (χ1) is 5.70. The SMILES string of the molecule is CN(C)C(=O)Nc1cncnc1. The van der Waals surface area contributed by atoms with Crippen LogP contribution >= 0.6 is 0 Å². The van der Waals surface area contributed by atoms with E-state index < -0.39 is 0 Å². The van der Waals surface area contributed by atoms with Gasteiger partial charge in [-0.1, -0.05) is 0 Å². The minimum atomic E-state index is -0.190. The molecule has 2 amide bonds. The highest BCUT2D eigenvalue weighted by molar-refractivity contribution is 5.88. The van der Waals surface area contributed by atoms with Crippen molar-refractivity contribution in [2.45, 2.75) is 0 Å². The Hall–Kier alpha value is -1.65. The summed E-state index contributed by atoms with van der Waals surface area (Å²) in [5.41, 5.74) is 0.594. The van der Waals surface area contributed by atoms with Crippen molar-refractivity contribution in [2.75, 3.05) is 19.4 Å². The van der Waals surface area contributed by atoms with E-state index in [0.29, 0.717) is 5.69 Å². The van der Waals surface area contributed by atoms with Crippen molar-refractivity contribution in [3.05, 3.63) is 18.7 Å². The van der Waals surface area contributed by atoms with Crippen molar-refractivity contribution < 1.29 is 4.79 Å². The van der Waals surface area contributed by atoms with Gasteiger partial charge in [-0.25, -0.2) is 14.8 Å². The molecule has 0 spiro atoms. The Kier molecular flexibility index (Phi) is 2.57. The van der Waals surface area contributed by atoms with Gasteiger partial charge in [0.1, 0.15) is 6.33 Å². The molecule has 0 saturated carbocycles. The number of nitrogens with zero attached hydrogens (tertiary/aromatic N) is 3. The molecule has 1 rings (SSSR count). The van der Waals surface area contributed by atoms with Gasteiger partial charge in [0.25, 0.3) is 0 Å². The highest BCUT2D eigenvalue weighted by Crippen LogP contribution is 2.00. The molecule has 1 heterocycles. The fourth-order valence-corrected chi connectivity index (χ4v) is 0.599. The Balaban J connectivity index is 2.59. The van der Waals surface area contributed by atoms with Crippen LogP contribution in [0, 0.1) is 0 Å². The molecule has 0 aromatic carbocycles. The molecule has 0 aliphatic rings. The van der Waals surface area contributed by atoms with E-state index in [1.165, 1.54) is 23.6 Å². The summed E-state index contributed by atoms with van der Waals surface area (Å²) in [4.78, 5) is 20.0. The molecule has 1 aromatic heterocycles. The Labute approximate surface area is 70.4 Å². The van der Waals surface area contributed by atoms with Gasteiger partial charge >= 0.3 is 6.03 Å². The van der Waals surface area contributed by atoms with Crippen LogP contribution in [-0.4, -0.2) is 35.0 Å². The number of nitrogens with one attached hydrogen (secondary N) is 1. The first-order valence-electron chi connectivity index (χ1n) is 3.43. The number of anilines is 1. The number of urea groups is 1. The van der Waals surface area contributed by atoms with Crippen LogP contribution in [0.25, 0.3) is 0 Å². The molecule has 0 fully saturated rings. The Morgan fingerprint density at radius 3 is 2.50 bits per heavy atom. The van der Waals surface area contributed by atoms with Gasteiger partial charge < -0.3 is 10.2 Å². The van der Waals surface area contributed by atoms with Gasteiger partial charge in [-0.05, 0) is 0 Å². The van der Waals surface area contributed by atoms with E-state index in [-0.39, 0.29) is 6.03 Å². The molecule has 0 unspecified atom stereocenters. The molecular weight excluding hydrogens is 156 g/mol. The largest absolute Gasteiger partial charge is 0.331 e.